The first-order chi connectivity index (χ1) is 9.19. The highest BCUT2D eigenvalue weighted by atomic mass is 16.4. The van der Waals surface area contributed by atoms with E-state index in [1.165, 1.54) is 5.56 Å². The summed E-state index contributed by atoms with van der Waals surface area (Å²) < 4.78 is 1.78. The number of carbonyl (C=O) groups is 1. The zero-order valence-electron chi connectivity index (χ0n) is 10.8. The Morgan fingerprint density at radius 3 is 2.58 bits per heavy atom. The molecule has 0 bridgehead atoms. The molecule has 0 aliphatic heterocycles. The van der Waals surface area contributed by atoms with Crippen LogP contribution < -0.4 is 0 Å². The van der Waals surface area contributed by atoms with Gasteiger partial charge in [-0.15, -0.1) is 0 Å². The Labute approximate surface area is 111 Å². The van der Waals surface area contributed by atoms with Gasteiger partial charge in [0.05, 0.1) is 5.69 Å². The summed E-state index contributed by atoms with van der Waals surface area (Å²) in [6.45, 7) is 2.11. The molecule has 0 atom stereocenters. The number of rotatable bonds is 4. The van der Waals surface area contributed by atoms with Crippen LogP contribution in [0.15, 0.2) is 30.3 Å². The fraction of sp³-hybridized carbons (Fsp3) is 0.333. The van der Waals surface area contributed by atoms with E-state index in [9.17, 15) is 4.79 Å². The highest BCUT2D eigenvalue weighted by Crippen LogP contribution is 2.41. The normalized spacial score (nSPS) is 14.6. The second-order valence-electron chi connectivity index (χ2n) is 4.97. The average molecular weight is 256 g/mol. The number of aryl methyl sites for hydroxylation is 1. The van der Waals surface area contributed by atoms with Gasteiger partial charge >= 0.3 is 5.97 Å². The Morgan fingerprint density at radius 2 is 2.05 bits per heavy atom. The van der Waals surface area contributed by atoms with Gasteiger partial charge in [-0.25, -0.2) is 9.48 Å². The second kappa shape index (κ2) is 4.53. The summed E-state index contributed by atoms with van der Waals surface area (Å²) in [4.78, 5) is 11.1. The largest absolute Gasteiger partial charge is 0.476 e. The average Bonchev–Trinajstić information content (AvgIpc) is 3.17. The van der Waals surface area contributed by atoms with E-state index in [0.29, 0.717) is 5.92 Å². The van der Waals surface area contributed by atoms with Crippen molar-refractivity contribution in [2.75, 3.05) is 0 Å². The van der Waals surface area contributed by atoms with Gasteiger partial charge in [0.1, 0.15) is 0 Å². The number of benzene rings is 1. The molecule has 1 saturated carbocycles. The molecular formula is C15H16N2O2. The number of hydrogen-bond acceptors (Lipinski definition) is 2. The Balaban J connectivity index is 2.04. The summed E-state index contributed by atoms with van der Waals surface area (Å²) in [6.07, 6.45) is 3.24. The number of aromatic nitrogens is 2. The van der Waals surface area contributed by atoms with Gasteiger partial charge in [-0.1, -0.05) is 19.1 Å². The summed E-state index contributed by atoms with van der Waals surface area (Å²) in [5, 5.41) is 13.3. The molecule has 1 aromatic carbocycles. The maximum Gasteiger partial charge on any atom is 0.356 e. The van der Waals surface area contributed by atoms with Crippen LogP contribution in [0.3, 0.4) is 0 Å². The molecule has 2 aromatic rings. The van der Waals surface area contributed by atoms with E-state index in [-0.39, 0.29) is 5.69 Å². The van der Waals surface area contributed by atoms with Crippen LogP contribution in [-0.2, 0) is 6.42 Å². The molecule has 98 valence electrons. The van der Waals surface area contributed by atoms with Gasteiger partial charge < -0.3 is 5.11 Å². The van der Waals surface area contributed by atoms with E-state index in [1.54, 1.807) is 10.7 Å². The lowest BCUT2D eigenvalue weighted by molar-refractivity contribution is 0.0690. The highest BCUT2D eigenvalue weighted by molar-refractivity contribution is 5.85. The van der Waals surface area contributed by atoms with E-state index >= 15 is 0 Å². The van der Waals surface area contributed by atoms with Crippen LogP contribution in [0.1, 0.15) is 47.4 Å². The quantitative estimate of drug-likeness (QED) is 0.914. The SMILES string of the molecule is CCc1ccc(-n2nc(C(=O)O)cc2C2CC2)cc1. The Bertz CT molecular complexity index is 610. The Kier molecular flexibility index (Phi) is 2.85. The van der Waals surface area contributed by atoms with E-state index < -0.39 is 5.97 Å². The summed E-state index contributed by atoms with van der Waals surface area (Å²) in [7, 11) is 0. The van der Waals surface area contributed by atoms with Crippen molar-refractivity contribution in [3.63, 3.8) is 0 Å². The standard InChI is InChI=1S/C15H16N2O2/c1-2-10-3-7-12(8-4-10)17-14(11-5-6-11)9-13(16-17)15(18)19/h3-4,7-9,11H,2,5-6H2,1H3,(H,18,19). The molecule has 1 aliphatic carbocycles. The zero-order chi connectivity index (χ0) is 13.4. The number of aromatic carboxylic acids is 1. The molecule has 0 amide bonds. The lowest BCUT2D eigenvalue weighted by Gasteiger charge is -2.07. The summed E-state index contributed by atoms with van der Waals surface area (Å²) >= 11 is 0. The van der Waals surface area contributed by atoms with Gasteiger partial charge in [-0.3, -0.25) is 0 Å². The van der Waals surface area contributed by atoms with Crippen LogP contribution in [0.2, 0.25) is 0 Å². The first-order valence-electron chi connectivity index (χ1n) is 6.61. The van der Waals surface area contributed by atoms with Gasteiger partial charge in [0.15, 0.2) is 5.69 Å². The summed E-state index contributed by atoms with van der Waals surface area (Å²) in [5.41, 5.74) is 3.34. The van der Waals surface area contributed by atoms with Crippen molar-refractivity contribution in [2.45, 2.75) is 32.1 Å². The minimum atomic E-state index is -0.967. The molecule has 1 heterocycles. The van der Waals surface area contributed by atoms with E-state index in [4.69, 9.17) is 5.11 Å². The summed E-state index contributed by atoms with van der Waals surface area (Å²) in [5.74, 6) is -0.503. The smallest absolute Gasteiger partial charge is 0.356 e. The summed E-state index contributed by atoms with van der Waals surface area (Å²) in [6, 6.07) is 9.84. The predicted molar refractivity (Wildman–Crippen MR) is 71.9 cm³/mol. The first-order valence-corrected chi connectivity index (χ1v) is 6.61. The number of carboxylic acid groups (broad SMARTS) is 1. The van der Waals surface area contributed by atoms with Crippen LogP contribution in [0, 0.1) is 0 Å². The van der Waals surface area contributed by atoms with Crippen molar-refractivity contribution in [1.82, 2.24) is 9.78 Å². The predicted octanol–water partition coefficient (Wildman–Crippen LogP) is 3.01. The second-order valence-corrected chi connectivity index (χ2v) is 4.97. The Morgan fingerprint density at radius 1 is 1.37 bits per heavy atom. The van der Waals surface area contributed by atoms with Crippen molar-refractivity contribution >= 4 is 5.97 Å². The van der Waals surface area contributed by atoms with Crippen LogP contribution in [-0.4, -0.2) is 20.9 Å². The molecule has 3 rings (SSSR count). The molecule has 1 N–H and O–H groups in total. The molecule has 0 spiro atoms. The van der Waals surface area contributed by atoms with Gasteiger partial charge in [0, 0.05) is 11.6 Å². The van der Waals surface area contributed by atoms with Gasteiger partial charge in [-0.2, -0.15) is 5.10 Å². The van der Waals surface area contributed by atoms with E-state index in [0.717, 1.165) is 30.6 Å². The fourth-order valence-corrected chi connectivity index (χ4v) is 2.25. The third kappa shape index (κ3) is 2.26. The minimum absolute atomic E-state index is 0.126. The molecule has 4 nitrogen and oxygen atoms in total. The van der Waals surface area contributed by atoms with Crippen molar-refractivity contribution in [3.05, 3.63) is 47.3 Å². The number of carboxylic acids is 1. The molecule has 0 saturated heterocycles. The fourth-order valence-electron chi connectivity index (χ4n) is 2.25. The Hall–Kier alpha value is -2.10. The molecule has 19 heavy (non-hydrogen) atoms. The van der Waals surface area contributed by atoms with Crippen molar-refractivity contribution in [2.24, 2.45) is 0 Å². The molecule has 1 aliphatic rings. The monoisotopic (exact) mass is 256 g/mol. The third-order valence-corrected chi connectivity index (χ3v) is 3.54. The molecule has 4 heteroatoms. The van der Waals surface area contributed by atoms with Crippen LogP contribution in [0.25, 0.3) is 5.69 Å². The molecule has 1 fully saturated rings. The maximum atomic E-state index is 11.1. The van der Waals surface area contributed by atoms with Gasteiger partial charge in [0.2, 0.25) is 0 Å². The minimum Gasteiger partial charge on any atom is -0.476 e. The molecule has 0 radical (unpaired) electrons. The van der Waals surface area contributed by atoms with Crippen molar-refractivity contribution in [1.29, 1.82) is 0 Å². The topological polar surface area (TPSA) is 55.1 Å². The maximum absolute atomic E-state index is 11.1. The third-order valence-electron chi connectivity index (χ3n) is 3.54. The molecular weight excluding hydrogens is 240 g/mol. The van der Waals surface area contributed by atoms with E-state index in [1.807, 2.05) is 12.1 Å². The van der Waals surface area contributed by atoms with E-state index in [2.05, 4.69) is 24.2 Å². The number of nitrogens with zero attached hydrogens (tertiary/aromatic N) is 2. The lowest BCUT2D eigenvalue weighted by Crippen LogP contribution is -2.03. The van der Waals surface area contributed by atoms with Crippen LogP contribution in [0.4, 0.5) is 0 Å². The van der Waals surface area contributed by atoms with Crippen LogP contribution in [0.5, 0.6) is 0 Å². The van der Waals surface area contributed by atoms with Crippen LogP contribution >= 0.6 is 0 Å². The molecule has 1 aromatic heterocycles. The van der Waals surface area contributed by atoms with Crippen molar-refractivity contribution < 1.29 is 9.90 Å². The first kappa shape index (κ1) is 12.0. The lowest BCUT2D eigenvalue weighted by atomic mass is 10.1. The van der Waals surface area contributed by atoms with Gasteiger partial charge in [0.25, 0.3) is 0 Å². The number of hydrogen-bond donors (Lipinski definition) is 1. The zero-order valence-corrected chi connectivity index (χ0v) is 10.8. The van der Waals surface area contributed by atoms with Crippen molar-refractivity contribution in [3.8, 4) is 5.69 Å². The van der Waals surface area contributed by atoms with Gasteiger partial charge in [-0.05, 0) is 43.0 Å². The molecule has 0 unspecified atom stereocenters. The highest BCUT2D eigenvalue weighted by Gasteiger charge is 2.29.